The fraction of sp³-hybridized carbons (Fsp3) is 0.467. The van der Waals surface area contributed by atoms with Crippen LogP contribution in [-0.4, -0.2) is 11.1 Å². The Morgan fingerprint density at radius 2 is 2.26 bits per heavy atom. The highest BCUT2D eigenvalue weighted by Crippen LogP contribution is 2.23. The summed E-state index contributed by atoms with van der Waals surface area (Å²) in [6.45, 7) is 6.39. The van der Waals surface area contributed by atoms with E-state index in [0.717, 1.165) is 13.1 Å². The zero-order valence-electron chi connectivity index (χ0n) is 11.5. The van der Waals surface area contributed by atoms with Gasteiger partial charge in [0.15, 0.2) is 0 Å². The molecule has 1 unspecified atom stereocenters. The number of hydrogen-bond donors (Lipinski definition) is 1. The number of halogens is 1. The third-order valence-electron chi connectivity index (χ3n) is 3.16. The molecular formula is C15H21BrN2S. The van der Waals surface area contributed by atoms with Gasteiger partial charge < -0.3 is 9.88 Å². The molecule has 0 amide bonds. The maximum Gasteiger partial charge on any atom is 0.0564 e. The lowest BCUT2D eigenvalue weighted by Crippen LogP contribution is -2.20. The number of thiophene rings is 1. The second-order valence-electron chi connectivity index (χ2n) is 4.75. The Hall–Kier alpha value is -0.580. The molecule has 104 valence electrons. The van der Waals surface area contributed by atoms with E-state index in [9.17, 15) is 0 Å². The Morgan fingerprint density at radius 1 is 1.42 bits per heavy atom. The van der Waals surface area contributed by atoms with E-state index >= 15 is 0 Å². The summed E-state index contributed by atoms with van der Waals surface area (Å²) in [5.74, 6) is 0. The Bertz CT molecular complexity index is 498. The van der Waals surface area contributed by atoms with Crippen LogP contribution < -0.4 is 5.32 Å². The first-order chi connectivity index (χ1) is 9.22. The molecule has 1 atom stereocenters. The molecule has 2 nitrogen and oxygen atoms in total. The zero-order chi connectivity index (χ0) is 13.7. The van der Waals surface area contributed by atoms with Crippen LogP contribution in [0.2, 0.25) is 0 Å². The molecule has 0 fully saturated rings. The summed E-state index contributed by atoms with van der Waals surface area (Å²) in [5, 5.41) is 5.70. The van der Waals surface area contributed by atoms with E-state index in [2.05, 4.69) is 69.6 Å². The smallest absolute Gasteiger partial charge is 0.0564 e. The van der Waals surface area contributed by atoms with Crippen molar-refractivity contribution in [1.29, 1.82) is 0 Å². The van der Waals surface area contributed by atoms with E-state index in [0.29, 0.717) is 6.04 Å². The molecule has 0 saturated heterocycles. The van der Waals surface area contributed by atoms with Crippen molar-refractivity contribution in [3.63, 3.8) is 0 Å². The molecule has 4 heteroatoms. The van der Waals surface area contributed by atoms with Crippen LogP contribution >= 0.6 is 27.3 Å². The average Bonchev–Trinajstić information content (AvgIpc) is 2.99. The Balaban J connectivity index is 2.04. The molecule has 0 aliphatic rings. The number of hydrogen-bond acceptors (Lipinski definition) is 2. The van der Waals surface area contributed by atoms with E-state index in [1.807, 2.05) is 0 Å². The van der Waals surface area contributed by atoms with Crippen LogP contribution in [0.1, 0.15) is 43.2 Å². The number of nitrogens with one attached hydrogen (secondary N) is 1. The van der Waals surface area contributed by atoms with Gasteiger partial charge in [-0.25, -0.2) is 0 Å². The van der Waals surface area contributed by atoms with Crippen molar-refractivity contribution >= 4 is 27.3 Å². The van der Waals surface area contributed by atoms with Crippen LogP contribution in [0.4, 0.5) is 0 Å². The van der Waals surface area contributed by atoms with E-state index in [-0.39, 0.29) is 0 Å². The lowest BCUT2D eigenvalue weighted by molar-refractivity contribution is 0.508. The molecule has 0 spiro atoms. The van der Waals surface area contributed by atoms with E-state index in [1.54, 1.807) is 11.3 Å². The largest absolute Gasteiger partial charge is 0.349 e. The molecule has 2 aromatic heterocycles. The van der Waals surface area contributed by atoms with Gasteiger partial charge in [-0.3, -0.25) is 0 Å². The van der Waals surface area contributed by atoms with Gasteiger partial charge >= 0.3 is 0 Å². The molecule has 2 rings (SSSR count). The fourth-order valence-corrected chi connectivity index (χ4v) is 3.76. The molecule has 19 heavy (non-hydrogen) atoms. The summed E-state index contributed by atoms with van der Waals surface area (Å²) >= 11 is 5.31. The number of rotatable bonds is 7. The highest BCUT2D eigenvalue weighted by atomic mass is 79.9. The normalized spacial score (nSPS) is 12.8. The Kier molecular flexibility index (Phi) is 5.67. The van der Waals surface area contributed by atoms with Crippen molar-refractivity contribution < 1.29 is 0 Å². The van der Waals surface area contributed by atoms with Gasteiger partial charge in [0.25, 0.3) is 0 Å². The second kappa shape index (κ2) is 7.27. The lowest BCUT2D eigenvalue weighted by atomic mass is 10.1. The summed E-state index contributed by atoms with van der Waals surface area (Å²) in [6.07, 6.45) is 6.86. The molecule has 0 aliphatic carbocycles. The molecule has 0 aromatic carbocycles. The van der Waals surface area contributed by atoms with Gasteiger partial charge in [0.1, 0.15) is 0 Å². The highest BCUT2D eigenvalue weighted by molar-refractivity contribution is 9.10. The maximum absolute atomic E-state index is 3.56. The van der Waals surface area contributed by atoms with Gasteiger partial charge in [-0.1, -0.05) is 20.3 Å². The van der Waals surface area contributed by atoms with E-state index in [1.165, 1.54) is 27.8 Å². The van der Waals surface area contributed by atoms with Crippen LogP contribution in [0.3, 0.4) is 0 Å². The Morgan fingerprint density at radius 3 is 2.89 bits per heavy atom. The Labute approximate surface area is 128 Å². The van der Waals surface area contributed by atoms with Crippen LogP contribution in [0.5, 0.6) is 0 Å². The third kappa shape index (κ3) is 4.20. The number of nitrogens with zero attached hydrogens (tertiary/aromatic N) is 1. The van der Waals surface area contributed by atoms with Gasteiger partial charge in [0.05, 0.1) is 6.54 Å². The van der Waals surface area contributed by atoms with Crippen molar-refractivity contribution in [2.24, 2.45) is 0 Å². The van der Waals surface area contributed by atoms with Gasteiger partial charge in [0.2, 0.25) is 0 Å². The summed E-state index contributed by atoms with van der Waals surface area (Å²) in [5.41, 5.74) is 1.40. The van der Waals surface area contributed by atoms with Crippen LogP contribution in [-0.2, 0) is 6.54 Å². The molecule has 2 aromatic rings. The topological polar surface area (TPSA) is 17.0 Å². The minimum Gasteiger partial charge on any atom is -0.349 e. The van der Waals surface area contributed by atoms with Crippen molar-refractivity contribution in [2.45, 2.75) is 39.3 Å². The molecule has 1 N–H and O–H groups in total. The summed E-state index contributed by atoms with van der Waals surface area (Å²) in [4.78, 5) is 1.38. The predicted octanol–water partition coefficient (Wildman–Crippen LogP) is 4.81. The van der Waals surface area contributed by atoms with Gasteiger partial charge in [0, 0.05) is 33.2 Å². The standard InChI is InChI=1S/C15H21BrN2S/c1-3-5-15(17-4-2)12-6-7-18(9-12)10-14-8-13(16)11-19-14/h6-9,11,15,17H,3-5,10H2,1-2H3. The SMILES string of the molecule is CCCC(NCC)c1ccn(Cc2cc(Br)cs2)c1. The first kappa shape index (κ1) is 14.8. The summed E-state index contributed by atoms with van der Waals surface area (Å²) in [6, 6.07) is 4.93. The molecule has 0 radical (unpaired) electrons. The highest BCUT2D eigenvalue weighted by Gasteiger charge is 2.10. The van der Waals surface area contributed by atoms with Crippen molar-refractivity contribution in [2.75, 3.05) is 6.54 Å². The molecule has 2 heterocycles. The molecule has 0 aliphatic heterocycles. The van der Waals surface area contributed by atoms with Crippen LogP contribution in [0.15, 0.2) is 34.4 Å². The fourth-order valence-electron chi connectivity index (χ4n) is 2.30. The van der Waals surface area contributed by atoms with E-state index in [4.69, 9.17) is 0 Å². The minimum absolute atomic E-state index is 0.492. The van der Waals surface area contributed by atoms with Crippen molar-refractivity contribution in [3.8, 4) is 0 Å². The van der Waals surface area contributed by atoms with Gasteiger partial charge in [-0.15, -0.1) is 11.3 Å². The third-order valence-corrected chi connectivity index (χ3v) is 4.85. The average molecular weight is 341 g/mol. The summed E-state index contributed by atoms with van der Waals surface area (Å²) < 4.78 is 3.45. The van der Waals surface area contributed by atoms with Crippen LogP contribution in [0.25, 0.3) is 0 Å². The maximum atomic E-state index is 3.56. The summed E-state index contributed by atoms with van der Waals surface area (Å²) in [7, 11) is 0. The number of aromatic nitrogens is 1. The first-order valence-corrected chi connectivity index (χ1v) is 8.52. The monoisotopic (exact) mass is 340 g/mol. The minimum atomic E-state index is 0.492. The molecular weight excluding hydrogens is 320 g/mol. The quantitative estimate of drug-likeness (QED) is 0.765. The van der Waals surface area contributed by atoms with E-state index < -0.39 is 0 Å². The molecule has 0 bridgehead atoms. The second-order valence-corrected chi connectivity index (χ2v) is 6.66. The lowest BCUT2D eigenvalue weighted by Gasteiger charge is -2.15. The molecule has 0 saturated carbocycles. The van der Waals surface area contributed by atoms with Gasteiger partial charge in [-0.2, -0.15) is 0 Å². The predicted molar refractivity (Wildman–Crippen MR) is 86.9 cm³/mol. The first-order valence-electron chi connectivity index (χ1n) is 6.85. The van der Waals surface area contributed by atoms with Crippen LogP contribution in [0, 0.1) is 0 Å². The van der Waals surface area contributed by atoms with Crippen molar-refractivity contribution in [3.05, 3.63) is 44.8 Å². The zero-order valence-corrected chi connectivity index (χ0v) is 13.9. The van der Waals surface area contributed by atoms with Crippen molar-refractivity contribution in [1.82, 2.24) is 9.88 Å². The van der Waals surface area contributed by atoms with Gasteiger partial charge in [-0.05, 0) is 46.6 Å².